The summed E-state index contributed by atoms with van der Waals surface area (Å²) in [4.78, 5) is 29.2. The molecule has 0 aliphatic rings. The lowest BCUT2D eigenvalue weighted by atomic mass is 10.2. The first kappa shape index (κ1) is 21.7. The van der Waals surface area contributed by atoms with Gasteiger partial charge in [0.15, 0.2) is 11.1 Å². The van der Waals surface area contributed by atoms with E-state index in [1.54, 1.807) is 24.3 Å². The molecule has 0 aliphatic heterocycles. The van der Waals surface area contributed by atoms with Gasteiger partial charge in [-0.05, 0) is 11.6 Å². The molecule has 0 saturated heterocycles. The first-order valence-electron chi connectivity index (χ1n) is 8.66. The van der Waals surface area contributed by atoms with Crippen molar-refractivity contribution in [3.63, 3.8) is 0 Å². The molecule has 0 spiro atoms. The number of rotatable bonds is 9. The predicted molar refractivity (Wildman–Crippen MR) is 110 cm³/mol. The van der Waals surface area contributed by atoms with E-state index < -0.39 is 38.2 Å². The maximum Gasteiger partial charge on any atom is 0.373 e. The van der Waals surface area contributed by atoms with Crippen molar-refractivity contribution in [1.29, 1.82) is 0 Å². The molecule has 0 bridgehead atoms. The van der Waals surface area contributed by atoms with Crippen LogP contribution in [0.1, 0.15) is 11.4 Å². The van der Waals surface area contributed by atoms with Crippen molar-refractivity contribution in [2.75, 3.05) is 5.32 Å². The molecule has 0 fully saturated rings. The van der Waals surface area contributed by atoms with Crippen LogP contribution in [0.2, 0.25) is 0 Å². The molecule has 13 heteroatoms. The van der Waals surface area contributed by atoms with Crippen molar-refractivity contribution >= 4 is 28.3 Å². The van der Waals surface area contributed by atoms with Crippen LogP contribution in [0, 0.1) is 20.2 Å². The summed E-state index contributed by atoms with van der Waals surface area (Å²) in [6.07, 6.45) is 0. The first-order chi connectivity index (χ1) is 14.8. The molecular formula is C18H15N5O7S. The molecule has 1 aromatic heterocycles. The maximum atomic E-state index is 11.7. The van der Waals surface area contributed by atoms with E-state index in [1.165, 1.54) is 18.2 Å². The van der Waals surface area contributed by atoms with Gasteiger partial charge in [0.1, 0.15) is 17.3 Å². The van der Waals surface area contributed by atoms with Crippen LogP contribution in [0.3, 0.4) is 0 Å². The molecule has 31 heavy (non-hydrogen) atoms. The fourth-order valence-electron chi connectivity index (χ4n) is 2.57. The van der Waals surface area contributed by atoms with Gasteiger partial charge < -0.3 is 14.6 Å². The Kier molecular flexibility index (Phi) is 6.79. The summed E-state index contributed by atoms with van der Waals surface area (Å²) in [6.45, 7) is 0.177. The van der Waals surface area contributed by atoms with E-state index in [4.69, 9.17) is 4.74 Å². The Morgan fingerprint density at radius 1 is 1.03 bits per heavy atom. The zero-order valence-corrected chi connectivity index (χ0v) is 16.5. The van der Waals surface area contributed by atoms with Crippen LogP contribution >= 0.6 is 0 Å². The molecule has 12 nitrogen and oxygen atoms in total. The number of aromatic nitrogens is 2. The summed E-state index contributed by atoms with van der Waals surface area (Å²) in [5, 5.41) is 25.5. The summed E-state index contributed by atoms with van der Waals surface area (Å²) in [5.74, 6) is -1.48. The van der Waals surface area contributed by atoms with E-state index in [1.807, 2.05) is 6.07 Å². The third kappa shape index (κ3) is 5.77. The summed E-state index contributed by atoms with van der Waals surface area (Å²) in [7, 11) is 0. The highest BCUT2D eigenvalue weighted by Crippen LogP contribution is 2.36. The van der Waals surface area contributed by atoms with Gasteiger partial charge in [0.25, 0.3) is 5.69 Å². The minimum atomic E-state index is -2.31. The molecule has 160 valence electrons. The molecule has 0 amide bonds. The number of anilines is 1. The van der Waals surface area contributed by atoms with E-state index in [9.17, 15) is 29.0 Å². The largest absolute Gasteiger partial charge is 0.433 e. The van der Waals surface area contributed by atoms with Gasteiger partial charge in [-0.25, -0.2) is 9.19 Å². The standard InChI is InChI=1S/C18H15N5O7S/c24-22(25)13-7-4-8-14(9-13)30-18-16(23(26)27)17(20-15(21-18)11-31(28)29)19-10-12-5-2-1-3-6-12/h1-9H,10-11H2,(H,28,29)(H,19,20,21). The quantitative estimate of drug-likeness (QED) is 0.282. The lowest BCUT2D eigenvalue weighted by molar-refractivity contribution is -0.385. The van der Waals surface area contributed by atoms with Crippen molar-refractivity contribution in [3.8, 4) is 11.6 Å². The average molecular weight is 445 g/mol. The van der Waals surface area contributed by atoms with Gasteiger partial charge in [0.05, 0.1) is 15.9 Å². The van der Waals surface area contributed by atoms with Crippen LogP contribution in [0.4, 0.5) is 17.2 Å². The summed E-state index contributed by atoms with van der Waals surface area (Å²) < 4.78 is 25.9. The van der Waals surface area contributed by atoms with Crippen LogP contribution in [0.25, 0.3) is 0 Å². The Morgan fingerprint density at radius 3 is 2.42 bits per heavy atom. The zero-order chi connectivity index (χ0) is 22.4. The zero-order valence-electron chi connectivity index (χ0n) is 15.7. The van der Waals surface area contributed by atoms with Crippen LogP contribution in [0.15, 0.2) is 54.6 Å². The van der Waals surface area contributed by atoms with Crippen molar-refractivity contribution in [1.82, 2.24) is 9.97 Å². The number of hydrogen-bond acceptors (Lipinski definition) is 9. The molecule has 1 heterocycles. The van der Waals surface area contributed by atoms with Crippen LogP contribution in [-0.4, -0.2) is 28.6 Å². The number of nitrogens with zero attached hydrogens (tertiary/aromatic N) is 4. The van der Waals surface area contributed by atoms with Gasteiger partial charge in [0.2, 0.25) is 5.82 Å². The molecule has 1 atom stereocenters. The highest BCUT2D eigenvalue weighted by atomic mass is 32.2. The van der Waals surface area contributed by atoms with Gasteiger partial charge >= 0.3 is 11.6 Å². The second kappa shape index (κ2) is 9.69. The molecule has 1 unspecified atom stereocenters. The van der Waals surface area contributed by atoms with E-state index in [0.717, 1.165) is 11.6 Å². The lowest BCUT2D eigenvalue weighted by Gasteiger charge is -2.11. The molecule has 0 saturated carbocycles. The topological polar surface area (TPSA) is 171 Å². The molecule has 2 aromatic carbocycles. The maximum absolute atomic E-state index is 11.7. The van der Waals surface area contributed by atoms with Crippen molar-refractivity contribution in [2.24, 2.45) is 0 Å². The van der Waals surface area contributed by atoms with Crippen molar-refractivity contribution in [3.05, 3.63) is 86.2 Å². The summed E-state index contributed by atoms with van der Waals surface area (Å²) in [6, 6.07) is 14.0. The van der Waals surface area contributed by atoms with Crippen LogP contribution in [0.5, 0.6) is 11.6 Å². The highest BCUT2D eigenvalue weighted by Gasteiger charge is 2.28. The number of nitrogens with one attached hydrogen (secondary N) is 1. The summed E-state index contributed by atoms with van der Waals surface area (Å²) in [5.41, 5.74) is -0.0907. The highest BCUT2D eigenvalue weighted by molar-refractivity contribution is 7.78. The number of hydrogen-bond donors (Lipinski definition) is 2. The fraction of sp³-hybridized carbons (Fsp3) is 0.111. The lowest BCUT2D eigenvalue weighted by Crippen LogP contribution is -2.11. The molecular weight excluding hydrogens is 430 g/mol. The Balaban J connectivity index is 2.02. The minimum Gasteiger partial charge on any atom is -0.433 e. The second-order valence-electron chi connectivity index (χ2n) is 6.06. The molecule has 2 N–H and O–H groups in total. The SMILES string of the molecule is O=[N+]([O-])c1cccc(Oc2nc(CS(=O)O)nc(NCc3ccccc3)c2[N+](=O)[O-])c1. The molecule has 3 aromatic rings. The number of benzene rings is 2. The molecule has 0 radical (unpaired) electrons. The average Bonchev–Trinajstić information content (AvgIpc) is 2.72. The third-order valence-electron chi connectivity index (χ3n) is 3.88. The van der Waals surface area contributed by atoms with Crippen LogP contribution < -0.4 is 10.1 Å². The molecule has 3 rings (SSSR count). The van der Waals surface area contributed by atoms with E-state index in [2.05, 4.69) is 15.3 Å². The smallest absolute Gasteiger partial charge is 0.373 e. The predicted octanol–water partition coefficient (Wildman–Crippen LogP) is 3.42. The van der Waals surface area contributed by atoms with Gasteiger partial charge in [-0.1, -0.05) is 36.4 Å². The number of nitro benzene ring substituents is 1. The molecule has 0 aliphatic carbocycles. The van der Waals surface area contributed by atoms with Gasteiger partial charge in [-0.15, -0.1) is 0 Å². The van der Waals surface area contributed by atoms with Crippen molar-refractivity contribution < 1.29 is 23.3 Å². The van der Waals surface area contributed by atoms with Gasteiger partial charge in [-0.2, -0.15) is 4.98 Å². The van der Waals surface area contributed by atoms with E-state index in [0.29, 0.717) is 0 Å². The second-order valence-corrected chi connectivity index (χ2v) is 6.99. The number of nitro groups is 2. The Hall–Kier alpha value is -3.97. The third-order valence-corrected chi connectivity index (χ3v) is 4.38. The minimum absolute atomic E-state index is 0.0684. The Morgan fingerprint density at radius 2 is 1.77 bits per heavy atom. The Bertz CT molecular complexity index is 1140. The van der Waals surface area contributed by atoms with Gasteiger partial charge in [0, 0.05) is 12.6 Å². The first-order valence-corrected chi connectivity index (χ1v) is 9.94. The monoisotopic (exact) mass is 445 g/mol. The van der Waals surface area contributed by atoms with E-state index in [-0.39, 0.29) is 29.6 Å². The van der Waals surface area contributed by atoms with Crippen LogP contribution in [-0.2, 0) is 23.4 Å². The number of non-ortho nitro benzene ring substituents is 1. The Labute approximate surface area is 177 Å². The van der Waals surface area contributed by atoms with Gasteiger partial charge in [-0.3, -0.25) is 20.2 Å². The number of ether oxygens (including phenoxy) is 1. The summed E-state index contributed by atoms with van der Waals surface area (Å²) >= 11 is -2.31. The van der Waals surface area contributed by atoms with E-state index >= 15 is 0 Å². The fourth-order valence-corrected chi connectivity index (χ4v) is 2.92. The van der Waals surface area contributed by atoms with Crippen molar-refractivity contribution in [2.45, 2.75) is 12.3 Å². The normalized spacial score (nSPS) is 11.5.